The second-order valence-corrected chi connectivity index (χ2v) is 5.97. The fourth-order valence-electron chi connectivity index (χ4n) is 3.02. The van der Waals surface area contributed by atoms with Crippen LogP contribution in [0, 0.1) is 5.92 Å². The lowest BCUT2D eigenvalue weighted by Crippen LogP contribution is -2.42. The number of rotatable bonds is 6. The van der Waals surface area contributed by atoms with E-state index < -0.39 is 0 Å². The Bertz CT molecular complexity index is 436. The number of benzene rings is 1. The van der Waals surface area contributed by atoms with Crippen LogP contribution in [0.5, 0.6) is 0 Å². The van der Waals surface area contributed by atoms with Crippen molar-refractivity contribution in [2.75, 3.05) is 33.3 Å². The van der Waals surface area contributed by atoms with Crippen molar-refractivity contribution in [3.63, 3.8) is 0 Å². The third-order valence-corrected chi connectivity index (χ3v) is 4.27. The predicted octanol–water partition coefficient (Wildman–Crippen LogP) is 1.61. The van der Waals surface area contributed by atoms with Gasteiger partial charge in [-0.2, -0.15) is 0 Å². The monoisotopic (exact) mass is 290 g/mol. The van der Waals surface area contributed by atoms with Crippen molar-refractivity contribution >= 4 is 5.91 Å². The molecule has 116 valence electrons. The summed E-state index contributed by atoms with van der Waals surface area (Å²) in [6.45, 7) is 2.67. The lowest BCUT2D eigenvalue weighted by atomic mass is 9.94. The number of nitrogens with one attached hydrogen (secondary N) is 1. The quantitative estimate of drug-likeness (QED) is 0.837. The number of hydrogen-bond donors (Lipinski definition) is 2. The molecule has 1 saturated heterocycles. The average Bonchev–Trinajstić information content (AvgIpc) is 2.52. The van der Waals surface area contributed by atoms with Gasteiger partial charge in [0.05, 0.1) is 5.92 Å². The Balaban J connectivity index is 1.88. The van der Waals surface area contributed by atoms with Crippen molar-refractivity contribution in [2.45, 2.75) is 25.2 Å². The maximum absolute atomic E-state index is 12.3. The fraction of sp³-hybridized carbons (Fsp3) is 0.588. The van der Waals surface area contributed by atoms with Gasteiger partial charge in [0.15, 0.2) is 0 Å². The van der Waals surface area contributed by atoms with Gasteiger partial charge in [0.25, 0.3) is 0 Å². The molecule has 1 aliphatic rings. The van der Waals surface area contributed by atoms with Crippen LogP contribution in [-0.4, -0.2) is 49.2 Å². The molecule has 0 bridgehead atoms. The van der Waals surface area contributed by atoms with E-state index in [2.05, 4.69) is 29.4 Å². The Morgan fingerprint density at radius 2 is 2.19 bits per heavy atom. The standard InChI is InChI=1S/C17H26N2O2/c1-19-10-5-8-16(13-19)17(21)18-12-15(9-11-20)14-6-3-2-4-7-14/h2-4,6-7,15-16,20H,5,8-13H2,1H3,(H,18,21). The van der Waals surface area contributed by atoms with E-state index in [4.69, 9.17) is 0 Å². The van der Waals surface area contributed by atoms with Gasteiger partial charge < -0.3 is 15.3 Å². The number of aliphatic hydroxyl groups excluding tert-OH is 1. The minimum atomic E-state index is 0.106. The van der Waals surface area contributed by atoms with Crippen molar-refractivity contribution in [3.8, 4) is 0 Å². The number of aliphatic hydroxyl groups is 1. The number of nitrogens with zero attached hydrogens (tertiary/aromatic N) is 1. The molecule has 2 rings (SSSR count). The Morgan fingerprint density at radius 1 is 1.43 bits per heavy atom. The number of likely N-dealkylation sites (tertiary alicyclic amines) is 1. The summed E-state index contributed by atoms with van der Waals surface area (Å²) < 4.78 is 0. The van der Waals surface area contributed by atoms with Gasteiger partial charge in [0.2, 0.25) is 5.91 Å². The highest BCUT2D eigenvalue weighted by atomic mass is 16.3. The summed E-state index contributed by atoms with van der Waals surface area (Å²) in [7, 11) is 2.07. The number of carbonyl (C=O) groups is 1. The van der Waals surface area contributed by atoms with E-state index in [9.17, 15) is 9.90 Å². The molecule has 1 fully saturated rings. The van der Waals surface area contributed by atoms with Crippen LogP contribution in [0.3, 0.4) is 0 Å². The van der Waals surface area contributed by atoms with E-state index in [1.807, 2.05) is 18.2 Å². The third-order valence-electron chi connectivity index (χ3n) is 4.27. The summed E-state index contributed by atoms with van der Waals surface area (Å²) >= 11 is 0. The fourth-order valence-corrected chi connectivity index (χ4v) is 3.02. The van der Waals surface area contributed by atoms with Crippen LogP contribution in [0.1, 0.15) is 30.7 Å². The van der Waals surface area contributed by atoms with E-state index in [0.717, 1.165) is 25.9 Å². The first-order valence-corrected chi connectivity index (χ1v) is 7.82. The molecule has 2 unspecified atom stereocenters. The number of hydrogen-bond acceptors (Lipinski definition) is 3. The first-order chi connectivity index (χ1) is 10.2. The summed E-state index contributed by atoms with van der Waals surface area (Å²) in [4.78, 5) is 14.5. The zero-order chi connectivity index (χ0) is 15.1. The molecule has 2 N–H and O–H groups in total. The van der Waals surface area contributed by atoms with Crippen LogP contribution in [-0.2, 0) is 4.79 Å². The molecule has 0 aliphatic carbocycles. The topological polar surface area (TPSA) is 52.6 Å². The van der Waals surface area contributed by atoms with E-state index in [-0.39, 0.29) is 24.3 Å². The molecule has 1 aliphatic heterocycles. The molecule has 0 aromatic heterocycles. The molecular formula is C17H26N2O2. The molecule has 1 aromatic carbocycles. The summed E-state index contributed by atoms with van der Waals surface area (Å²) in [5.41, 5.74) is 1.17. The first kappa shape index (κ1) is 16.0. The Hall–Kier alpha value is -1.39. The molecule has 1 heterocycles. The minimum absolute atomic E-state index is 0.106. The molecule has 1 amide bonds. The van der Waals surface area contributed by atoms with Crippen molar-refractivity contribution < 1.29 is 9.90 Å². The molecule has 4 nitrogen and oxygen atoms in total. The molecular weight excluding hydrogens is 264 g/mol. The van der Waals surface area contributed by atoms with Crippen molar-refractivity contribution in [1.82, 2.24) is 10.2 Å². The highest BCUT2D eigenvalue weighted by Gasteiger charge is 2.24. The zero-order valence-electron chi connectivity index (χ0n) is 12.8. The van der Waals surface area contributed by atoms with Crippen LogP contribution in [0.15, 0.2) is 30.3 Å². The summed E-state index contributed by atoms with van der Waals surface area (Å²) in [5, 5.41) is 12.3. The van der Waals surface area contributed by atoms with E-state index >= 15 is 0 Å². The van der Waals surface area contributed by atoms with Crippen molar-refractivity contribution in [2.24, 2.45) is 5.92 Å². The number of amides is 1. The van der Waals surface area contributed by atoms with Gasteiger partial charge >= 0.3 is 0 Å². The second-order valence-electron chi connectivity index (χ2n) is 5.97. The maximum Gasteiger partial charge on any atom is 0.224 e. The molecule has 21 heavy (non-hydrogen) atoms. The normalized spacial score (nSPS) is 21.0. The van der Waals surface area contributed by atoms with Gasteiger partial charge in [0, 0.05) is 25.6 Å². The lowest BCUT2D eigenvalue weighted by molar-refractivity contribution is -0.126. The summed E-state index contributed by atoms with van der Waals surface area (Å²) in [6, 6.07) is 10.1. The largest absolute Gasteiger partial charge is 0.396 e. The van der Waals surface area contributed by atoms with Gasteiger partial charge in [-0.25, -0.2) is 0 Å². The Labute approximate surface area is 127 Å². The van der Waals surface area contributed by atoms with E-state index in [1.165, 1.54) is 5.56 Å². The SMILES string of the molecule is CN1CCCC(C(=O)NCC(CCO)c2ccccc2)C1. The number of piperidine rings is 1. The highest BCUT2D eigenvalue weighted by Crippen LogP contribution is 2.19. The van der Waals surface area contributed by atoms with Crippen molar-refractivity contribution in [3.05, 3.63) is 35.9 Å². The average molecular weight is 290 g/mol. The molecule has 2 atom stereocenters. The maximum atomic E-state index is 12.3. The predicted molar refractivity (Wildman–Crippen MR) is 84.1 cm³/mol. The minimum Gasteiger partial charge on any atom is -0.396 e. The van der Waals surface area contributed by atoms with Crippen LogP contribution < -0.4 is 5.32 Å². The molecule has 4 heteroatoms. The van der Waals surface area contributed by atoms with Gasteiger partial charge in [-0.05, 0) is 38.4 Å². The highest BCUT2D eigenvalue weighted by molar-refractivity contribution is 5.79. The number of carbonyl (C=O) groups excluding carboxylic acids is 1. The molecule has 0 saturated carbocycles. The Morgan fingerprint density at radius 3 is 2.86 bits per heavy atom. The van der Waals surface area contributed by atoms with Gasteiger partial charge in [-0.15, -0.1) is 0 Å². The van der Waals surface area contributed by atoms with Crippen LogP contribution in [0.4, 0.5) is 0 Å². The van der Waals surface area contributed by atoms with Gasteiger partial charge in [-0.1, -0.05) is 30.3 Å². The Kier molecular flexibility index (Phi) is 6.21. The lowest BCUT2D eigenvalue weighted by Gasteiger charge is -2.29. The second kappa shape index (κ2) is 8.15. The first-order valence-electron chi connectivity index (χ1n) is 7.82. The zero-order valence-corrected chi connectivity index (χ0v) is 12.8. The molecule has 0 spiro atoms. The van der Waals surface area contributed by atoms with Gasteiger partial charge in [-0.3, -0.25) is 4.79 Å². The van der Waals surface area contributed by atoms with E-state index in [1.54, 1.807) is 0 Å². The van der Waals surface area contributed by atoms with Crippen LogP contribution >= 0.6 is 0 Å². The summed E-state index contributed by atoms with van der Waals surface area (Å²) in [5.74, 6) is 0.441. The molecule has 0 radical (unpaired) electrons. The molecule has 1 aromatic rings. The third kappa shape index (κ3) is 4.83. The van der Waals surface area contributed by atoms with Crippen LogP contribution in [0.25, 0.3) is 0 Å². The summed E-state index contributed by atoms with van der Waals surface area (Å²) in [6.07, 6.45) is 2.74. The van der Waals surface area contributed by atoms with Crippen molar-refractivity contribution in [1.29, 1.82) is 0 Å². The van der Waals surface area contributed by atoms with Gasteiger partial charge in [0.1, 0.15) is 0 Å². The van der Waals surface area contributed by atoms with E-state index in [0.29, 0.717) is 13.0 Å². The van der Waals surface area contributed by atoms with Crippen LogP contribution in [0.2, 0.25) is 0 Å². The smallest absolute Gasteiger partial charge is 0.224 e.